The maximum atomic E-state index is 11.6. The van der Waals surface area contributed by atoms with E-state index in [-0.39, 0.29) is 6.04 Å². The molecule has 1 aromatic carbocycles. The van der Waals surface area contributed by atoms with Gasteiger partial charge < -0.3 is 5.73 Å². The van der Waals surface area contributed by atoms with Crippen molar-refractivity contribution >= 4 is 0 Å². The van der Waals surface area contributed by atoms with Crippen LogP contribution in [0.5, 0.6) is 0 Å². The second-order valence-corrected chi connectivity index (χ2v) is 3.63. The molecule has 2 rings (SSSR count). The van der Waals surface area contributed by atoms with E-state index < -0.39 is 0 Å². The Morgan fingerprint density at radius 3 is 3.14 bits per heavy atom. The zero-order chi connectivity index (χ0) is 9.97. The molecule has 0 fully saturated rings. The average molecular weight is 189 g/mol. The molecule has 0 radical (unpaired) electrons. The molecule has 0 saturated carbocycles. The minimum absolute atomic E-state index is 0.156. The van der Waals surface area contributed by atoms with Crippen LogP contribution in [0, 0.1) is 12.1 Å². The number of aryl methyl sites for hydroxylation is 1. The van der Waals surface area contributed by atoms with E-state index in [9.17, 15) is 4.39 Å². The van der Waals surface area contributed by atoms with Crippen molar-refractivity contribution < 1.29 is 4.39 Å². The third-order valence-corrected chi connectivity index (χ3v) is 2.69. The van der Waals surface area contributed by atoms with Crippen LogP contribution in [0.15, 0.2) is 18.2 Å². The smallest absolute Gasteiger partial charge is 0.105 e. The standard InChI is InChI=1S/C12H12FN/c13-7-1-2-9-3-4-10-5-6-12(14)11(10)8-9/h3-4,8,12H,2,5-6,14H2. The predicted octanol–water partition coefficient (Wildman–Crippen LogP) is 2.11. The van der Waals surface area contributed by atoms with Crippen LogP contribution >= 0.6 is 0 Å². The molecule has 1 aliphatic rings. The van der Waals surface area contributed by atoms with Crippen molar-refractivity contribution in [2.24, 2.45) is 5.73 Å². The monoisotopic (exact) mass is 189 g/mol. The summed E-state index contributed by atoms with van der Waals surface area (Å²) in [6.45, 7) is 0. The minimum Gasteiger partial charge on any atom is -0.324 e. The molecule has 1 aromatic rings. The van der Waals surface area contributed by atoms with E-state index in [1.54, 1.807) is 0 Å². The predicted molar refractivity (Wildman–Crippen MR) is 54.3 cm³/mol. The van der Waals surface area contributed by atoms with Crippen LogP contribution in [0.2, 0.25) is 0 Å². The number of fused-ring (bicyclic) bond motifs is 1. The molecular formula is C12H12FN. The highest BCUT2D eigenvalue weighted by Gasteiger charge is 2.18. The van der Waals surface area contributed by atoms with Crippen molar-refractivity contribution in [2.45, 2.75) is 25.3 Å². The van der Waals surface area contributed by atoms with Gasteiger partial charge >= 0.3 is 0 Å². The summed E-state index contributed by atoms with van der Waals surface area (Å²) in [5.74, 6) is 2.41. The molecule has 1 aliphatic carbocycles. The molecule has 0 aromatic heterocycles. The lowest BCUT2D eigenvalue weighted by atomic mass is 10.0. The van der Waals surface area contributed by atoms with Gasteiger partial charge in [0.1, 0.15) is 6.17 Å². The third kappa shape index (κ3) is 1.64. The lowest BCUT2D eigenvalue weighted by Gasteiger charge is -2.05. The number of rotatable bonds is 1. The maximum absolute atomic E-state index is 11.6. The summed E-state index contributed by atoms with van der Waals surface area (Å²) in [7, 11) is 0. The van der Waals surface area contributed by atoms with Crippen molar-refractivity contribution in [2.75, 3.05) is 0 Å². The summed E-state index contributed by atoms with van der Waals surface area (Å²) in [5, 5.41) is 0. The first-order chi connectivity index (χ1) is 6.81. The van der Waals surface area contributed by atoms with E-state index >= 15 is 0 Å². The van der Waals surface area contributed by atoms with E-state index in [1.807, 2.05) is 6.07 Å². The van der Waals surface area contributed by atoms with E-state index in [0.717, 1.165) is 18.4 Å². The topological polar surface area (TPSA) is 26.0 Å². The largest absolute Gasteiger partial charge is 0.324 e. The molecular weight excluding hydrogens is 177 g/mol. The van der Waals surface area contributed by atoms with Crippen LogP contribution in [0.25, 0.3) is 0 Å². The van der Waals surface area contributed by atoms with Crippen molar-refractivity contribution in [3.8, 4) is 12.1 Å². The Bertz CT molecular complexity index is 401. The van der Waals surface area contributed by atoms with Gasteiger partial charge in [0.25, 0.3) is 0 Å². The summed E-state index contributed by atoms with van der Waals surface area (Å²) in [6, 6.07) is 6.29. The summed E-state index contributed by atoms with van der Waals surface area (Å²) < 4.78 is 11.6. The summed E-state index contributed by atoms with van der Waals surface area (Å²) in [6.07, 6.45) is 3.97. The van der Waals surface area contributed by atoms with Gasteiger partial charge in [-0.05, 0) is 29.5 Å². The Kier molecular flexibility index (Phi) is 2.51. The van der Waals surface area contributed by atoms with Gasteiger partial charge in [0.2, 0.25) is 0 Å². The molecule has 0 spiro atoms. The first kappa shape index (κ1) is 9.23. The molecule has 0 amide bonds. The summed E-state index contributed by atoms with van der Waals surface area (Å²) >= 11 is 0. The minimum atomic E-state index is 0.156. The summed E-state index contributed by atoms with van der Waals surface area (Å²) in [4.78, 5) is 0. The second-order valence-electron chi connectivity index (χ2n) is 3.63. The summed E-state index contributed by atoms with van der Waals surface area (Å²) in [5.41, 5.74) is 9.52. The zero-order valence-corrected chi connectivity index (χ0v) is 7.89. The van der Waals surface area contributed by atoms with E-state index in [1.165, 1.54) is 17.3 Å². The molecule has 0 heterocycles. The van der Waals surface area contributed by atoms with Crippen LogP contribution < -0.4 is 5.73 Å². The molecule has 0 saturated heterocycles. The van der Waals surface area contributed by atoms with Crippen molar-refractivity contribution in [3.05, 3.63) is 34.9 Å². The SMILES string of the molecule is NC1CCc2ccc(CC#CF)cc21. The fourth-order valence-corrected chi connectivity index (χ4v) is 1.93. The van der Waals surface area contributed by atoms with Gasteiger partial charge in [0.15, 0.2) is 0 Å². The number of halogens is 1. The first-order valence-electron chi connectivity index (χ1n) is 4.77. The Hall–Kier alpha value is -1.33. The van der Waals surface area contributed by atoms with Gasteiger partial charge in [-0.25, -0.2) is 0 Å². The molecule has 0 bridgehead atoms. The molecule has 2 heteroatoms. The number of benzene rings is 1. The van der Waals surface area contributed by atoms with Crippen LogP contribution in [0.4, 0.5) is 4.39 Å². The van der Waals surface area contributed by atoms with Gasteiger partial charge in [-0.1, -0.05) is 24.1 Å². The van der Waals surface area contributed by atoms with E-state index in [4.69, 9.17) is 5.73 Å². The van der Waals surface area contributed by atoms with Crippen LogP contribution in [-0.4, -0.2) is 0 Å². The highest BCUT2D eigenvalue weighted by Crippen LogP contribution is 2.29. The fraction of sp³-hybridized carbons (Fsp3) is 0.333. The van der Waals surface area contributed by atoms with Gasteiger partial charge in [0.05, 0.1) is 0 Å². The number of nitrogens with two attached hydrogens (primary N) is 1. The van der Waals surface area contributed by atoms with Gasteiger partial charge in [-0.3, -0.25) is 0 Å². The third-order valence-electron chi connectivity index (χ3n) is 2.69. The quantitative estimate of drug-likeness (QED) is 0.673. The highest BCUT2D eigenvalue weighted by atomic mass is 19.1. The zero-order valence-electron chi connectivity index (χ0n) is 7.89. The van der Waals surface area contributed by atoms with Crippen LogP contribution in [0.1, 0.15) is 29.2 Å². The molecule has 14 heavy (non-hydrogen) atoms. The lowest BCUT2D eigenvalue weighted by Crippen LogP contribution is -2.05. The number of hydrogen-bond donors (Lipinski definition) is 1. The first-order valence-corrected chi connectivity index (χ1v) is 4.77. The Balaban J connectivity index is 2.28. The normalized spacial score (nSPS) is 18.6. The second kappa shape index (κ2) is 3.81. The Morgan fingerprint density at radius 2 is 2.36 bits per heavy atom. The van der Waals surface area contributed by atoms with Crippen molar-refractivity contribution in [1.82, 2.24) is 0 Å². The van der Waals surface area contributed by atoms with Gasteiger partial charge in [-0.2, -0.15) is 0 Å². The van der Waals surface area contributed by atoms with Crippen LogP contribution in [0.3, 0.4) is 0 Å². The Labute approximate surface area is 83.1 Å². The molecule has 1 unspecified atom stereocenters. The maximum Gasteiger partial charge on any atom is 0.105 e. The molecule has 72 valence electrons. The number of hydrogen-bond acceptors (Lipinski definition) is 1. The van der Waals surface area contributed by atoms with Crippen LogP contribution in [-0.2, 0) is 12.8 Å². The molecule has 0 aliphatic heterocycles. The van der Waals surface area contributed by atoms with Gasteiger partial charge in [0, 0.05) is 12.5 Å². The fourth-order valence-electron chi connectivity index (χ4n) is 1.93. The van der Waals surface area contributed by atoms with E-state index in [2.05, 4.69) is 18.1 Å². The van der Waals surface area contributed by atoms with Crippen molar-refractivity contribution in [1.29, 1.82) is 0 Å². The van der Waals surface area contributed by atoms with Gasteiger partial charge in [-0.15, -0.1) is 4.39 Å². The highest BCUT2D eigenvalue weighted by molar-refractivity contribution is 5.38. The van der Waals surface area contributed by atoms with Crippen molar-refractivity contribution in [3.63, 3.8) is 0 Å². The molecule has 1 nitrogen and oxygen atoms in total. The molecule has 2 N–H and O–H groups in total. The Morgan fingerprint density at radius 1 is 1.50 bits per heavy atom. The average Bonchev–Trinajstić information content (AvgIpc) is 2.57. The molecule has 1 atom stereocenters. The van der Waals surface area contributed by atoms with E-state index in [0.29, 0.717) is 6.42 Å². The lowest BCUT2D eigenvalue weighted by molar-refractivity contribution is 0.713.